The summed E-state index contributed by atoms with van der Waals surface area (Å²) in [6.45, 7) is 18.3. The highest BCUT2D eigenvalue weighted by molar-refractivity contribution is 6.02. The lowest BCUT2D eigenvalue weighted by atomic mass is 9.82. The molecule has 0 atom stereocenters. The Balaban J connectivity index is 1.44. The van der Waals surface area contributed by atoms with Gasteiger partial charge in [-0.3, -0.25) is 24.3 Å². The van der Waals surface area contributed by atoms with Crippen LogP contribution >= 0.6 is 0 Å². The molecule has 2 fully saturated rings. The van der Waals surface area contributed by atoms with Gasteiger partial charge in [0, 0.05) is 39.0 Å². The van der Waals surface area contributed by atoms with E-state index < -0.39 is 0 Å². The van der Waals surface area contributed by atoms with Crippen LogP contribution in [-0.4, -0.2) is 89.4 Å². The van der Waals surface area contributed by atoms with Crippen LogP contribution in [0.1, 0.15) is 112 Å². The van der Waals surface area contributed by atoms with E-state index in [-0.39, 0.29) is 47.8 Å². The summed E-state index contributed by atoms with van der Waals surface area (Å²) in [5, 5.41) is 0. The van der Waals surface area contributed by atoms with E-state index in [0.29, 0.717) is 19.6 Å². The molecule has 41 heavy (non-hydrogen) atoms. The number of carbonyl (C=O) groups excluding carboxylic acids is 4. The van der Waals surface area contributed by atoms with Crippen LogP contribution < -0.4 is 0 Å². The largest absolute Gasteiger partial charge is 0.381 e. The summed E-state index contributed by atoms with van der Waals surface area (Å²) in [4.78, 5) is 54.0. The first-order valence-electron chi connectivity index (χ1n) is 15.8. The predicted octanol–water partition coefficient (Wildman–Crippen LogP) is 6.43. The molecule has 9 heteroatoms. The van der Waals surface area contributed by atoms with E-state index in [2.05, 4.69) is 34.3 Å². The Bertz CT molecular complexity index is 887. The molecular weight excluding hydrogens is 520 g/mol. The molecule has 0 radical (unpaired) electrons. The molecule has 0 aliphatic carbocycles. The van der Waals surface area contributed by atoms with Gasteiger partial charge in [-0.25, -0.2) is 9.59 Å². The van der Waals surface area contributed by atoms with Crippen molar-refractivity contribution < 1.29 is 23.9 Å². The van der Waals surface area contributed by atoms with E-state index in [9.17, 15) is 19.2 Å². The van der Waals surface area contributed by atoms with Gasteiger partial charge in [0.15, 0.2) is 0 Å². The quantitative estimate of drug-likeness (QED) is 0.109. The van der Waals surface area contributed by atoms with Crippen molar-refractivity contribution in [2.24, 2.45) is 10.8 Å². The van der Waals surface area contributed by atoms with Gasteiger partial charge in [0.2, 0.25) is 5.91 Å². The molecule has 2 rings (SSSR count). The minimum Gasteiger partial charge on any atom is -0.381 e. The van der Waals surface area contributed by atoms with Gasteiger partial charge in [-0.1, -0.05) is 60.0 Å². The van der Waals surface area contributed by atoms with Crippen LogP contribution in [0.3, 0.4) is 0 Å². The molecule has 0 N–H and O–H groups in total. The lowest BCUT2D eigenvalue weighted by molar-refractivity contribution is -0.126. The van der Waals surface area contributed by atoms with Crippen molar-refractivity contribution in [3.05, 3.63) is 12.8 Å². The Morgan fingerprint density at radius 1 is 0.683 bits per heavy atom. The highest BCUT2D eigenvalue weighted by Crippen LogP contribution is 2.31. The summed E-state index contributed by atoms with van der Waals surface area (Å²) in [5.74, 6) is -0.201. The molecule has 2 saturated heterocycles. The van der Waals surface area contributed by atoms with E-state index in [0.717, 1.165) is 90.3 Å². The molecule has 9 nitrogen and oxygen atoms in total. The summed E-state index contributed by atoms with van der Waals surface area (Å²) in [6.07, 6.45) is 14.1. The predicted molar refractivity (Wildman–Crippen MR) is 162 cm³/mol. The van der Waals surface area contributed by atoms with Crippen molar-refractivity contribution in [2.45, 2.75) is 112 Å². The molecule has 2 aliphatic rings. The van der Waals surface area contributed by atoms with Crippen LogP contribution in [-0.2, 0) is 14.3 Å². The lowest BCUT2D eigenvalue weighted by Crippen LogP contribution is -2.33. The highest BCUT2D eigenvalue weighted by Gasteiger charge is 2.35. The van der Waals surface area contributed by atoms with Gasteiger partial charge in [0.1, 0.15) is 13.1 Å². The van der Waals surface area contributed by atoms with Gasteiger partial charge in [-0.2, -0.15) is 0 Å². The highest BCUT2D eigenvalue weighted by atomic mass is 16.5. The molecule has 0 aromatic carbocycles. The lowest BCUT2D eigenvalue weighted by Gasteiger charge is -2.25. The van der Waals surface area contributed by atoms with Crippen molar-refractivity contribution in [3.63, 3.8) is 0 Å². The first kappa shape index (κ1) is 34.8. The van der Waals surface area contributed by atoms with Crippen molar-refractivity contribution in [2.75, 3.05) is 45.9 Å². The van der Waals surface area contributed by atoms with Crippen LogP contribution in [0.5, 0.6) is 0 Å². The Kier molecular flexibility index (Phi) is 14.3. The number of carbonyl (C=O) groups is 4. The summed E-state index contributed by atoms with van der Waals surface area (Å²) in [6, 6.07) is -0.385. The molecule has 0 bridgehead atoms. The minimum atomic E-state index is -0.251. The summed E-state index contributed by atoms with van der Waals surface area (Å²) in [5.41, 5.74) is 0.499. The Labute approximate surface area is 248 Å². The fourth-order valence-corrected chi connectivity index (χ4v) is 5.70. The zero-order valence-electron chi connectivity index (χ0n) is 26.5. The Morgan fingerprint density at radius 3 is 1.54 bits per heavy atom. The first-order chi connectivity index (χ1) is 19.4. The molecule has 0 aromatic heterocycles. The van der Waals surface area contributed by atoms with Crippen LogP contribution in [0, 0.1) is 10.8 Å². The fourth-order valence-electron chi connectivity index (χ4n) is 5.70. The molecule has 234 valence electrons. The van der Waals surface area contributed by atoms with Crippen LogP contribution in [0.15, 0.2) is 12.8 Å². The number of unbranched alkanes of at least 4 members (excludes halogenated alkanes) is 4. The zero-order chi connectivity index (χ0) is 30.5. The summed E-state index contributed by atoms with van der Waals surface area (Å²) < 4.78 is 5.90. The molecular formula is C32H56N4O5. The molecule has 6 amide bonds. The second-order valence-electron chi connectivity index (χ2n) is 13.2. The molecule has 0 spiro atoms. The van der Waals surface area contributed by atoms with Crippen LogP contribution in [0.4, 0.5) is 9.59 Å². The van der Waals surface area contributed by atoms with E-state index in [1.54, 1.807) is 4.90 Å². The van der Waals surface area contributed by atoms with E-state index in [1.165, 1.54) is 20.9 Å². The average Bonchev–Trinajstić information content (AvgIpc) is 3.35. The second-order valence-corrected chi connectivity index (χ2v) is 13.2. The number of likely N-dealkylation sites (N-methyl/N-ethyl adjacent to an activating group) is 1. The van der Waals surface area contributed by atoms with E-state index in [1.807, 2.05) is 6.92 Å². The Morgan fingerprint density at radius 2 is 1.12 bits per heavy atom. The van der Waals surface area contributed by atoms with Crippen molar-refractivity contribution in [1.82, 2.24) is 19.6 Å². The van der Waals surface area contributed by atoms with Gasteiger partial charge in [0.05, 0.1) is 0 Å². The molecule has 0 saturated carbocycles. The monoisotopic (exact) mass is 576 g/mol. The van der Waals surface area contributed by atoms with Crippen molar-refractivity contribution >= 4 is 23.9 Å². The smallest absolute Gasteiger partial charge is 0.331 e. The third kappa shape index (κ3) is 11.8. The van der Waals surface area contributed by atoms with E-state index in [4.69, 9.17) is 4.74 Å². The standard InChI is InChI=1S/C32H56N4O5/c1-7-33-25-27(37)35(29(33)39)21-13-9-17-31(3,4)19-11-15-23-41-24-16-12-20-32(5,6)18-10-14-22-36-28(38)26-34(8-2)30(36)40/h7H,1,8-26H2,2-6H3. The van der Waals surface area contributed by atoms with Gasteiger partial charge in [-0.05, 0) is 69.1 Å². The number of ether oxygens (including phenoxy) is 1. The third-order valence-corrected chi connectivity index (χ3v) is 8.57. The van der Waals surface area contributed by atoms with Crippen molar-refractivity contribution in [3.8, 4) is 0 Å². The topological polar surface area (TPSA) is 90.5 Å². The Hall–Kier alpha value is -2.42. The summed E-state index contributed by atoms with van der Waals surface area (Å²) >= 11 is 0. The second kappa shape index (κ2) is 16.9. The first-order valence-corrected chi connectivity index (χ1v) is 15.8. The van der Waals surface area contributed by atoms with Crippen LogP contribution in [0.25, 0.3) is 0 Å². The molecule has 2 heterocycles. The molecule has 2 aliphatic heterocycles. The van der Waals surface area contributed by atoms with Crippen molar-refractivity contribution in [1.29, 1.82) is 0 Å². The number of urea groups is 2. The minimum absolute atomic E-state index is 0.0659. The number of nitrogens with zero attached hydrogens (tertiary/aromatic N) is 4. The summed E-state index contributed by atoms with van der Waals surface area (Å²) in [7, 11) is 0. The fraction of sp³-hybridized carbons (Fsp3) is 0.812. The van der Waals surface area contributed by atoms with Gasteiger partial charge in [0.25, 0.3) is 5.91 Å². The number of imide groups is 2. The number of hydrogen-bond acceptors (Lipinski definition) is 5. The molecule has 0 unspecified atom stereocenters. The van der Waals surface area contributed by atoms with E-state index >= 15 is 0 Å². The average molecular weight is 577 g/mol. The maximum atomic E-state index is 12.2. The maximum absolute atomic E-state index is 12.2. The maximum Gasteiger partial charge on any atom is 0.331 e. The van der Waals surface area contributed by atoms with Gasteiger partial charge < -0.3 is 9.64 Å². The van der Waals surface area contributed by atoms with Crippen LogP contribution in [0.2, 0.25) is 0 Å². The third-order valence-electron chi connectivity index (χ3n) is 8.57. The number of hydrogen-bond donors (Lipinski definition) is 0. The normalized spacial score (nSPS) is 16.6. The van der Waals surface area contributed by atoms with Gasteiger partial charge >= 0.3 is 12.1 Å². The number of amides is 6. The molecule has 0 aromatic rings. The zero-order valence-corrected chi connectivity index (χ0v) is 26.5. The van der Waals surface area contributed by atoms with Gasteiger partial charge in [-0.15, -0.1) is 0 Å². The SMILES string of the molecule is C=CN1CC(=O)N(CCCCC(C)(C)CCCCOCCCCC(C)(C)CCCCN2C(=O)CN(CC)C2=O)C1=O. The number of rotatable bonds is 22.